The van der Waals surface area contributed by atoms with E-state index in [4.69, 9.17) is 0 Å². The largest absolute Gasteiger partial charge is 0.224 e. The van der Waals surface area contributed by atoms with Crippen LogP contribution in [0.4, 0.5) is 0 Å². The molecule has 1 aromatic carbocycles. The van der Waals surface area contributed by atoms with Gasteiger partial charge < -0.3 is 0 Å². The summed E-state index contributed by atoms with van der Waals surface area (Å²) in [6.45, 7) is 4.16. The van der Waals surface area contributed by atoms with Crippen molar-refractivity contribution in [3.05, 3.63) is 35.9 Å². The Morgan fingerprint density at radius 2 is 1.93 bits per heavy atom. The van der Waals surface area contributed by atoms with Crippen LogP contribution in [0.15, 0.2) is 35.2 Å². The van der Waals surface area contributed by atoms with Crippen LogP contribution in [0, 0.1) is 5.92 Å². The Balaban J connectivity index is 3.04. The zero-order valence-corrected chi connectivity index (χ0v) is 10.1. The predicted octanol–water partition coefficient (Wildman–Crippen LogP) is 2.76. The van der Waals surface area contributed by atoms with Crippen molar-refractivity contribution in [3.8, 4) is 0 Å². The van der Waals surface area contributed by atoms with E-state index in [2.05, 4.69) is 13.8 Å². The van der Waals surface area contributed by atoms with Crippen molar-refractivity contribution in [2.24, 2.45) is 5.92 Å². The van der Waals surface area contributed by atoms with E-state index in [1.807, 2.05) is 18.2 Å². The van der Waals surface area contributed by atoms with Crippen LogP contribution in [-0.4, -0.2) is 14.7 Å². The van der Waals surface area contributed by atoms with E-state index in [0.717, 1.165) is 5.56 Å². The van der Waals surface area contributed by atoms with Gasteiger partial charge in [-0.3, -0.25) is 0 Å². The smallest absolute Gasteiger partial charge is 0.175 e. The van der Waals surface area contributed by atoms with E-state index in [9.17, 15) is 8.42 Å². The van der Waals surface area contributed by atoms with E-state index in [1.165, 1.54) is 6.26 Å². The highest BCUT2D eigenvalue weighted by Crippen LogP contribution is 2.13. The number of allylic oxidation sites excluding steroid dienone is 1. The molecule has 0 N–H and O–H groups in total. The summed E-state index contributed by atoms with van der Waals surface area (Å²) < 4.78 is 22.6. The monoisotopic (exact) mass is 224 g/mol. The SMILES string of the molecule is CC(C)/C=C/c1cccc(S(C)(=O)=O)c1. The topological polar surface area (TPSA) is 34.1 Å². The van der Waals surface area contributed by atoms with Gasteiger partial charge in [-0.05, 0) is 23.6 Å². The normalized spacial score (nSPS) is 12.5. The molecule has 0 aliphatic heterocycles. The molecular weight excluding hydrogens is 208 g/mol. The highest BCUT2D eigenvalue weighted by atomic mass is 32.2. The molecule has 3 heteroatoms. The molecule has 0 amide bonds. The van der Waals surface area contributed by atoms with Gasteiger partial charge in [0.1, 0.15) is 0 Å². The van der Waals surface area contributed by atoms with Gasteiger partial charge in [0.05, 0.1) is 4.90 Å². The molecule has 0 bridgehead atoms. The van der Waals surface area contributed by atoms with Crippen LogP contribution in [0.5, 0.6) is 0 Å². The van der Waals surface area contributed by atoms with Gasteiger partial charge in [0.15, 0.2) is 9.84 Å². The van der Waals surface area contributed by atoms with E-state index in [-0.39, 0.29) is 0 Å². The third kappa shape index (κ3) is 3.88. The van der Waals surface area contributed by atoms with Crippen LogP contribution in [0.1, 0.15) is 19.4 Å². The molecule has 0 spiro atoms. The molecule has 0 saturated heterocycles. The Kier molecular flexibility index (Phi) is 3.69. The lowest BCUT2D eigenvalue weighted by atomic mass is 10.1. The fourth-order valence-corrected chi connectivity index (χ4v) is 1.83. The first kappa shape index (κ1) is 12.0. The van der Waals surface area contributed by atoms with Crippen molar-refractivity contribution in [3.63, 3.8) is 0 Å². The third-order valence-corrected chi connectivity index (χ3v) is 3.07. The van der Waals surface area contributed by atoms with E-state index >= 15 is 0 Å². The van der Waals surface area contributed by atoms with Crippen molar-refractivity contribution in [2.75, 3.05) is 6.26 Å². The number of benzene rings is 1. The zero-order chi connectivity index (χ0) is 11.5. The van der Waals surface area contributed by atoms with Crippen LogP contribution < -0.4 is 0 Å². The first-order chi connectivity index (χ1) is 6.89. The molecule has 0 heterocycles. The maximum atomic E-state index is 11.3. The molecule has 82 valence electrons. The lowest BCUT2D eigenvalue weighted by molar-refractivity contribution is 0.602. The summed E-state index contributed by atoms with van der Waals surface area (Å²) in [5, 5.41) is 0. The van der Waals surface area contributed by atoms with E-state index in [0.29, 0.717) is 10.8 Å². The summed E-state index contributed by atoms with van der Waals surface area (Å²) in [6.07, 6.45) is 5.21. The minimum absolute atomic E-state index is 0.369. The minimum atomic E-state index is -3.10. The maximum absolute atomic E-state index is 11.3. The molecule has 0 radical (unpaired) electrons. The van der Waals surface area contributed by atoms with Crippen molar-refractivity contribution in [1.82, 2.24) is 0 Å². The van der Waals surface area contributed by atoms with E-state index in [1.54, 1.807) is 18.2 Å². The molecule has 0 unspecified atom stereocenters. The van der Waals surface area contributed by atoms with Crippen LogP contribution in [0.3, 0.4) is 0 Å². The summed E-state index contributed by atoms with van der Waals surface area (Å²) in [4.78, 5) is 0.369. The molecule has 0 saturated carbocycles. The van der Waals surface area contributed by atoms with Gasteiger partial charge >= 0.3 is 0 Å². The first-order valence-electron chi connectivity index (χ1n) is 4.88. The van der Waals surface area contributed by atoms with Crippen molar-refractivity contribution < 1.29 is 8.42 Å². The Morgan fingerprint density at radius 1 is 1.27 bits per heavy atom. The lowest BCUT2D eigenvalue weighted by Crippen LogP contribution is -1.96. The fourth-order valence-electron chi connectivity index (χ4n) is 1.15. The van der Waals surface area contributed by atoms with Crippen LogP contribution in [0.2, 0.25) is 0 Å². The molecule has 0 fully saturated rings. The van der Waals surface area contributed by atoms with Crippen molar-refractivity contribution in [1.29, 1.82) is 0 Å². The second-order valence-electron chi connectivity index (χ2n) is 3.95. The third-order valence-electron chi connectivity index (χ3n) is 1.96. The lowest BCUT2D eigenvalue weighted by Gasteiger charge is -2.00. The molecule has 1 aromatic rings. The number of hydrogen-bond donors (Lipinski definition) is 0. The summed E-state index contributed by atoms with van der Waals surface area (Å²) >= 11 is 0. The molecule has 0 aliphatic carbocycles. The molecule has 15 heavy (non-hydrogen) atoms. The maximum Gasteiger partial charge on any atom is 0.175 e. The van der Waals surface area contributed by atoms with Crippen molar-refractivity contribution >= 4 is 15.9 Å². The molecule has 0 atom stereocenters. The molecule has 0 aliphatic rings. The van der Waals surface area contributed by atoms with Gasteiger partial charge in [-0.15, -0.1) is 0 Å². The van der Waals surface area contributed by atoms with Crippen LogP contribution in [0.25, 0.3) is 6.08 Å². The Labute approximate surface area is 91.6 Å². The fraction of sp³-hybridized carbons (Fsp3) is 0.333. The Morgan fingerprint density at radius 3 is 2.47 bits per heavy atom. The summed E-state index contributed by atoms with van der Waals surface area (Å²) in [5.74, 6) is 0.465. The number of sulfone groups is 1. The molecule has 2 nitrogen and oxygen atoms in total. The second kappa shape index (κ2) is 4.62. The van der Waals surface area contributed by atoms with Gasteiger partial charge in [-0.25, -0.2) is 8.42 Å². The van der Waals surface area contributed by atoms with Gasteiger partial charge in [0, 0.05) is 6.26 Å². The Hall–Kier alpha value is -1.09. The first-order valence-corrected chi connectivity index (χ1v) is 6.77. The molecular formula is C12H16O2S. The summed E-state index contributed by atoms with van der Waals surface area (Å²) in [6, 6.07) is 6.96. The summed E-state index contributed by atoms with van der Waals surface area (Å²) in [5.41, 5.74) is 0.923. The van der Waals surface area contributed by atoms with Gasteiger partial charge in [-0.1, -0.05) is 38.1 Å². The second-order valence-corrected chi connectivity index (χ2v) is 5.96. The Bertz CT molecular complexity index is 456. The highest BCUT2D eigenvalue weighted by molar-refractivity contribution is 7.90. The van der Waals surface area contributed by atoms with Crippen LogP contribution >= 0.6 is 0 Å². The van der Waals surface area contributed by atoms with Gasteiger partial charge in [-0.2, -0.15) is 0 Å². The van der Waals surface area contributed by atoms with E-state index < -0.39 is 9.84 Å². The van der Waals surface area contributed by atoms with Crippen LogP contribution in [-0.2, 0) is 9.84 Å². The summed E-state index contributed by atoms with van der Waals surface area (Å²) in [7, 11) is -3.10. The van der Waals surface area contributed by atoms with Gasteiger partial charge in [0.25, 0.3) is 0 Å². The number of hydrogen-bond acceptors (Lipinski definition) is 2. The molecule has 1 rings (SSSR count). The standard InChI is InChI=1S/C12H16O2S/c1-10(2)7-8-11-5-4-6-12(9-11)15(3,13)14/h4-10H,1-3H3/b8-7+. The minimum Gasteiger partial charge on any atom is -0.224 e. The average molecular weight is 224 g/mol. The highest BCUT2D eigenvalue weighted by Gasteiger charge is 2.05. The molecule has 0 aromatic heterocycles. The quantitative estimate of drug-likeness (QED) is 0.791. The predicted molar refractivity (Wildman–Crippen MR) is 63.4 cm³/mol. The average Bonchev–Trinajstić information content (AvgIpc) is 2.14. The van der Waals surface area contributed by atoms with Crippen molar-refractivity contribution in [2.45, 2.75) is 18.7 Å². The van der Waals surface area contributed by atoms with Gasteiger partial charge in [0.2, 0.25) is 0 Å². The zero-order valence-electron chi connectivity index (χ0n) is 9.27. The number of rotatable bonds is 3.